The van der Waals surface area contributed by atoms with Crippen molar-refractivity contribution in [2.24, 2.45) is 0 Å². The molecule has 5 nitrogen and oxygen atoms in total. The van der Waals surface area contributed by atoms with E-state index in [0.29, 0.717) is 0 Å². The van der Waals surface area contributed by atoms with Gasteiger partial charge in [-0.1, -0.05) is 30.3 Å². The molecule has 2 rings (SSSR count). The first-order valence-corrected chi connectivity index (χ1v) is 8.35. The number of likely N-dealkylation sites (N-methyl/N-ethyl adjacent to an activating group) is 1. The molecule has 1 fully saturated rings. The number of amides is 1. The minimum atomic E-state index is -1.14. The van der Waals surface area contributed by atoms with E-state index < -0.39 is 5.60 Å². The molecule has 0 aliphatic carbocycles. The molecule has 2 atom stereocenters. The molecule has 1 aliphatic heterocycles. The summed E-state index contributed by atoms with van der Waals surface area (Å²) in [6.07, 6.45) is 0.0735. The zero-order valence-corrected chi connectivity index (χ0v) is 14.5. The molecule has 0 saturated carbocycles. The normalized spacial score (nSPS) is 20.7. The Bertz CT molecular complexity index is 496. The fraction of sp³-hybridized carbons (Fsp3) is 0.611. The van der Waals surface area contributed by atoms with Crippen molar-refractivity contribution in [2.45, 2.75) is 31.9 Å². The fourth-order valence-electron chi connectivity index (χ4n) is 3.00. The number of carbonyl (C=O) groups is 1. The first kappa shape index (κ1) is 17.9. The van der Waals surface area contributed by atoms with Crippen molar-refractivity contribution in [3.8, 4) is 0 Å². The molecule has 0 aromatic heterocycles. The van der Waals surface area contributed by atoms with Gasteiger partial charge in [-0.25, -0.2) is 0 Å². The smallest absolute Gasteiger partial charge is 0.223 e. The average molecular weight is 319 g/mol. The van der Waals surface area contributed by atoms with Crippen LogP contribution in [0.2, 0.25) is 0 Å². The Labute approximate surface area is 139 Å². The summed E-state index contributed by atoms with van der Waals surface area (Å²) in [5.74, 6) is -0.111. The summed E-state index contributed by atoms with van der Waals surface area (Å²) in [4.78, 5) is 16.9. The molecule has 0 radical (unpaired) electrons. The minimum absolute atomic E-state index is 0.0735. The molecule has 1 heterocycles. The number of nitrogens with one attached hydrogen (secondary N) is 1. The van der Waals surface area contributed by atoms with Crippen LogP contribution in [0.25, 0.3) is 0 Å². The Morgan fingerprint density at radius 2 is 1.87 bits per heavy atom. The Balaban J connectivity index is 1.79. The summed E-state index contributed by atoms with van der Waals surface area (Å²) >= 11 is 0. The summed E-state index contributed by atoms with van der Waals surface area (Å²) in [5.41, 5.74) is -0.374. The Kier molecular flexibility index (Phi) is 6.16. The van der Waals surface area contributed by atoms with E-state index in [9.17, 15) is 9.90 Å². The molecule has 128 valence electrons. The van der Waals surface area contributed by atoms with Gasteiger partial charge in [0.05, 0.1) is 12.0 Å². The molecule has 1 aromatic carbocycles. The van der Waals surface area contributed by atoms with Gasteiger partial charge in [-0.05, 0) is 26.5 Å². The van der Waals surface area contributed by atoms with Crippen LogP contribution in [0.15, 0.2) is 30.3 Å². The van der Waals surface area contributed by atoms with Gasteiger partial charge in [0.25, 0.3) is 0 Å². The molecule has 1 aromatic rings. The van der Waals surface area contributed by atoms with E-state index in [2.05, 4.69) is 22.2 Å². The van der Waals surface area contributed by atoms with Crippen molar-refractivity contribution in [1.82, 2.24) is 15.1 Å². The zero-order chi connectivity index (χ0) is 16.9. The van der Waals surface area contributed by atoms with Crippen molar-refractivity contribution in [2.75, 3.05) is 39.8 Å². The molecule has 1 saturated heterocycles. The first-order valence-electron chi connectivity index (χ1n) is 8.35. The second-order valence-electron chi connectivity index (χ2n) is 6.89. The van der Waals surface area contributed by atoms with E-state index in [-0.39, 0.29) is 18.4 Å². The van der Waals surface area contributed by atoms with Gasteiger partial charge in [0, 0.05) is 38.8 Å². The van der Waals surface area contributed by atoms with E-state index in [4.69, 9.17) is 0 Å². The number of nitrogens with zero attached hydrogens (tertiary/aromatic N) is 2. The lowest BCUT2D eigenvalue weighted by Crippen LogP contribution is -2.50. The van der Waals surface area contributed by atoms with Crippen LogP contribution < -0.4 is 5.32 Å². The summed E-state index contributed by atoms with van der Waals surface area (Å²) < 4.78 is 0. The van der Waals surface area contributed by atoms with Crippen LogP contribution in [0.3, 0.4) is 0 Å². The fourth-order valence-corrected chi connectivity index (χ4v) is 3.00. The number of hydrogen-bond acceptors (Lipinski definition) is 4. The van der Waals surface area contributed by atoms with Crippen molar-refractivity contribution in [3.05, 3.63) is 35.9 Å². The predicted molar refractivity (Wildman–Crippen MR) is 92.2 cm³/mol. The van der Waals surface area contributed by atoms with Gasteiger partial charge >= 0.3 is 0 Å². The maximum atomic E-state index is 12.2. The predicted octanol–water partition coefficient (Wildman–Crippen LogP) is 1.04. The maximum absolute atomic E-state index is 12.2. The summed E-state index contributed by atoms with van der Waals surface area (Å²) in [7, 11) is 2.13. The second kappa shape index (κ2) is 7.90. The van der Waals surface area contributed by atoms with Crippen LogP contribution in [-0.4, -0.2) is 66.6 Å². The van der Waals surface area contributed by atoms with Crippen molar-refractivity contribution >= 4 is 5.91 Å². The second-order valence-corrected chi connectivity index (χ2v) is 6.89. The van der Waals surface area contributed by atoms with Crippen LogP contribution in [0.4, 0.5) is 0 Å². The zero-order valence-electron chi connectivity index (χ0n) is 14.5. The Morgan fingerprint density at radius 1 is 1.26 bits per heavy atom. The third kappa shape index (κ3) is 5.61. The van der Waals surface area contributed by atoms with E-state index in [1.807, 2.05) is 37.3 Å². The van der Waals surface area contributed by atoms with Crippen molar-refractivity contribution < 1.29 is 9.90 Å². The first-order chi connectivity index (χ1) is 10.9. The van der Waals surface area contributed by atoms with E-state index in [0.717, 1.165) is 38.3 Å². The van der Waals surface area contributed by atoms with Gasteiger partial charge < -0.3 is 15.3 Å². The number of carbonyl (C=O) groups excluding carboxylic acids is 1. The minimum Gasteiger partial charge on any atom is -0.385 e. The molecular formula is C18H29N3O2. The van der Waals surface area contributed by atoms with E-state index in [1.54, 1.807) is 6.92 Å². The molecule has 5 heteroatoms. The van der Waals surface area contributed by atoms with Crippen LogP contribution in [-0.2, 0) is 10.4 Å². The monoisotopic (exact) mass is 319 g/mol. The van der Waals surface area contributed by atoms with Crippen LogP contribution >= 0.6 is 0 Å². The van der Waals surface area contributed by atoms with Crippen molar-refractivity contribution in [1.29, 1.82) is 0 Å². The van der Waals surface area contributed by atoms with Gasteiger partial charge in [-0.3, -0.25) is 9.69 Å². The standard InChI is InChI=1S/C18H29N3O2/c1-15(14-21-11-9-20(3)10-12-21)19-17(22)13-18(2,23)16-7-5-4-6-8-16/h4-8,15,23H,9-14H2,1-3H3,(H,19,22). The number of aliphatic hydroxyl groups is 1. The number of piperazine rings is 1. The molecular weight excluding hydrogens is 290 g/mol. The van der Waals surface area contributed by atoms with Gasteiger partial charge in [0.15, 0.2) is 0 Å². The summed E-state index contributed by atoms with van der Waals surface area (Å²) in [5, 5.41) is 13.6. The molecule has 1 amide bonds. The highest BCUT2D eigenvalue weighted by atomic mass is 16.3. The lowest BCUT2D eigenvalue weighted by molar-refractivity contribution is -0.126. The third-order valence-corrected chi connectivity index (χ3v) is 4.44. The Hall–Kier alpha value is -1.43. The highest BCUT2D eigenvalue weighted by molar-refractivity contribution is 5.77. The lowest BCUT2D eigenvalue weighted by atomic mass is 9.92. The van der Waals surface area contributed by atoms with Crippen molar-refractivity contribution in [3.63, 3.8) is 0 Å². The highest BCUT2D eigenvalue weighted by Crippen LogP contribution is 2.23. The number of hydrogen-bond donors (Lipinski definition) is 2. The molecule has 2 N–H and O–H groups in total. The molecule has 1 aliphatic rings. The van der Waals surface area contributed by atoms with E-state index in [1.165, 1.54) is 0 Å². The molecule has 0 bridgehead atoms. The topological polar surface area (TPSA) is 55.8 Å². The molecule has 0 spiro atoms. The van der Waals surface area contributed by atoms with E-state index >= 15 is 0 Å². The van der Waals surface area contributed by atoms with Crippen LogP contribution in [0, 0.1) is 0 Å². The number of rotatable bonds is 6. The average Bonchev–Trinajstić information content (AvgIpc) is 2.49. The van der Waals surface area contributed by atoms with Gasteiger partial charge in [0.1, 0.15) is 0 Å². The largest absolute Gasteiger partial charge is 0.385 e. The third-order valence-electron chi connectivity index (χ3n) is 4.44. The Morgan fingerprint density at radius 3 is 2.48 bits per heavy atom. The molecule has 23 heavy (non-hydrogen) atoms. The van der Waals surface area contributed by atoms with Crippen LogP contribution in [0.5, 0.6) is 0 Å². The van der Waals surface area contributed by atoms with Crippen LogP contribution in [0.1, 0.15) is 25.8 Å². The highest BCUT2D eigenvalue weighted by Gasteiger charge is 2.27. The molecule has 2 unspecified atom stereocenters. The SMILES string of the molecule is CC(CN1CCN(C)CC1)NC(=O)CC(C)(O)c1ccccc1. The maximum Gasteiger partial charge on any atom is 0.223 e. The quantitative estimate of drug-likeness (QED) is 0.822. The summed E-state index contributed by atoms with van der Waals surface area (Å²) in [6, 6.07) is 9.42. The summed E-state index contributed by atoms with van der Waals surface area (Å²) in [6.45, 7) is 8.79. The van der Waals surface area contributed by atoms with Gasteiger partial charge in [-0.15, -0.1) is 0 Å². The number of benzene rings is 1. The van der Waals surface area contributed by atoms with Gasteiger partial charge in [-0.2, -0.15) is 0 Å². The van der Waals surface area contributed by atoms with Gasteiger partial charge in [0.2, 0.25) is 5.91 Å². The lowest BCUT2D eigenvalue weighted by Gasteiger charge is -2.34.